The molecule has 1 aliphatic rings. The van der Waals surface area contributed by atoms with Crippen LogP contribution in [0.3, 0.4) is 0 Å². The van der Waals surface area contributed by atoms with Gasteiger partial charge in [0.25, 0.3) is 0 Å². The number of fused-ring (bicyclic) bond motifs is 1. The first-order valence-electron chi connectivity index (χ1n) is 10.4. The second-order valence-electron chi connectivity index (χ2n) is 7.90. The zero-order valence-corrected chi connectivity index (χ0v) is 17.7. The van der Waals surface area contributed by atoms with Crippen LogP contribution in [0.2, 0.25) is 0 Å². The first-order chi connectivity index (χ1) is 16.1. The molecule has 0 aliphatic heterocycles. The molecule has 0 spiro atoms. The predicted molar refractivity (Wildman–Crippen MR) is 112 cm³/mol. The summed E-state index contributed by atoms with van der Waals surface area (Å²) in [5.74, 6) is -0.358. The van der Waals surface area contributed by atoms with Gasteiger partial charge in [-0.05, 0) is 25.8 Å². The lowest BCUT2D eigenvalue weighted by Gasteiger charge is -2.43. The molecule has 0 radical (unpaired) electrons. The number of nitrogens with zero attached hydrogens (tertiary/aromatic N) is 8. The van der Waals surface area contributed by atoms with Crippen molar-refractivity contribution in [2.75, 3.05) is 6.61 Å². The van der Waals surface area contributed by atoms with E-state index in [4.69, 9.17) is 14.2 Å². The van der Waals surface area contributed by atoms with Crippen LogP contribution >= 0.6 is 0 Å². The number of hydrogen-bond acceptors (Lipinski definition) is 9. The number of rotatable bonds is 6. The van der Waals surface area contributed by atoms with Crippen molar-refractivity contribution in [1.82, 2.24) is 29.5 Å². The van der Waals surface area contributed by atoms with Crippen LogP contribution in [0.1, 0.15) is 36.7 Å². The second-order valence-corrected chi connectivity index (χ2v) is 7.90. The zero-order valence-electron chi connectivity index (χ0n) is 17.7. The van der Waals surface area contributed by atoms with Crippen molar-refractivity contribution in [2.45, 2.75) is 31.7 Å². The molecule has 4 heterocycles. The molecule has 4 aromatic heterocycles. The standard InChI is InChI=1S/C22H18N8O3/c1-2-32-21(31)16-7-19(33-28-16)17-13-29-18(3-6-25-29)20(27-17)15-11-26-30(12-15)22(4-5-23)8-14(9-22)10-24/h3,6-7,11-14H,2,4,8-9H2,1H3. The van der Waals surface area contributed by atoms with E-state index in [1.54, 1.807) is 34.7 Å². The lowest BCUT2D eigenvalue weighted by Crippen LogP contribution is -2.46. The summed E-state index contributed by atoms with van der Waals surface area (Å²) in [7, 11) is 0. The summed E-state index contributed by atoms with van der Waals surface area (Å²) >= 11 is 0. The van der Waals surface area contributed by atoms with Crippen molar-refractivity contribution in [2.24, 2.45) is 5.92 Å². The minimum Gasteiger partial charge on any atom is -0.461 e. The van der Waals surface area contributed by atoms with Gasteiger partial charge in [-0.15, -0.1) is 0 Å². The average molecular weight is 442 g/mol. The highest BCUT2D eigenvalue weighted by Crippen LogP contribution is 2.46. The third-order valence-electron chi connectivity index (χ3n) is 5.82. The molecule has 164 valence electrons. The zero-order chi connectivity index (χ0) is 23.0. The topological polar surface area (TPSA) is 148 Å². The number of esters is 1. The quantitative estimate of drug-likeness (QED) is 0.411. The maximum Gasteiger partial charge on any atom is 0.360 e. The predicted octanol–water partition coefficient (Wildman–Crippen LogP) is 2.97. The molecule has 1 aliphatic carbocycles. The molecule has 0 N–H and O–H groups in total. The van der Waals surface area contributed by atoms with E-state index < -0.39 is 11.5 Å². The van der Waals surface area contributed by atoms with E-state index in [1.165, 1.54) is 6.07 Å². The van der Waals surface area contributed by atoms with Gasteiger partial charge in [0.2, 0.25) is 0 Å². The molecule has 0 saturated heterocycles. The van der Waals surface area contributed by atoms with Gasteiger partial charge in [-0.25, -0.2) is 14.3 Å². The van der Waals surface area contributed by atoms with E-state index in [-0.39, 0.29) is 24.6 Å². The number of ether oxygens (including phenoxy) is 1. The van der Waals surface area contributed by atoms with E-state index in [0.717, 1.165) is 11.1 Å². The summed E-state index contributed by atoms with van der Waals surface area (Å²) < 4.78 is 13.7. The monoisotopic (exact) mass is 442 g/mol. The molecule has 11 nitrogen and oxygen atoms in total. The smallest absolute Gasteiger partial charge is 0.360 e. The van der Waals surface area contributed by atoms with Crippen LogP contribution in [0.5, 0.6) is 0 Å². The summed E-state index contributed by atoms with van der Waals surface area (Å²) in [4.78, 5) is 16.7. The van der Waals surface area contributed by atoms with Crippen LogP contribution in [0.25, 0.3) is 28.2 Å². The summed E-state index contributed by atoms with van der Waals surface area (Å²) in [5.41, 5.74) is 2.08. The van der Waals surface area contributed by atoms with Crippen molar-refractivity contribution in [1.29, 1.82) is 10.5 Å². The van der Waals surface area contributed by atoms with Crippen LogP contribution in [0.4, 0.5) is 0 Å². The van der Waals surface area contributed by atoms with Crippen LogP contribution < -0.4 is 0 Å². The van der Waals surface area contributed by atoms with Crippen molar-refractivity contribution >= 4 is 11.5 Å². The lowest BCUT2D eigenvalue weighted by atomic mass is 9.67. The van der Waals surface area contributed by atoms with Crippen LogP contribution in [-0.4, -0.2) is 42.1 Å². The molecule has 0 unspecified atom stereocenters. The number of hydrogen-bond donors (Lipinski definition) is 0. The molecule has 1 saturated carbocycles. The Morgan fingerprint density at radius 3 is 2.94 bits per heavy atom. The minimum atomic E-state index is -0.576. The Kier molecular flexibility index (Phi) is 4.87. The van der Waals surface area contributed by atoms with E-state index in [2.05, 4.69) is 27.5 Å². The van der Waals surface area contributed by atoms with Crippen LogP contribution in [0.15, 0.2) is 41.4 Å². The van der Waals surface area contributed by atoms with E-state index in [0.29, 0.717) is 30.0 Å². The summed E-state index contributed by atoms with van der Waals surface area (Å²) in [5, 5.41) is 31.1. The Hall–Kier alpha value is -4.51. The summed E-state index contributed by atoms with van der Waals surface area (Å²) in [6.07, 6.45) is 8.30. The molecule has 4 aromatic rings. The number of carbonyl (C=O) groups is 1. The third kappa shape index (κ3) is 3.40. The SMILES string of the molecule is CCOC(=O)c1cc(-c2cn3nccc3c(-c3cnn(C4(CC#N)CC(C#N)C4)c3)n2)on1. The van der Waals surface area contributed by atoms with Gasteiger partial charge >= 0.3 is 5.97 Å². The molecule has 0 aromatic carbocycles. The van der Waals surface area contributed by atoms with E-state index in [1.807, 2.05) is 12.3 Å². The fourth-order valence-corrected chi connectivity index (χ4v) is 4.17. The number of aromatic nitrogens is 6. The molecule has 33 heavy (non-hydrogen) atoms. The van der Waals surface area contributed by atoms with Crippen molar-refractivity contribution < 1.29 is 14.1 Å². The second kappa shape index (κ2) is 7.88. The third-order valence-corrected chi connectivity index (χ3v) is 5.82. The highest BCUT2D eigenvalue weighted by atomic mass is 16.5. The fourth-order valence-electron chi connectivity index (χ4n) is 4.17. The van der Waals surface area contributed by atoms with Crippen molar-refractivity contribution in [3.8, 4) is 34.8 Å². The van der Waals surface area contributed by atoms with Crippen LogP contribution in [0, 0.1) is 28.6 Å². The molecular formula is C22H18N8O3. The first kappa shape index (κ1) is 20.4. The van der Waals surface area contributed by atoms with Crippen molar-refractivity contribution in [3.63, 3.8) is 0 Å². The molecule has 0 bridgehead atoms. The van der Waals surface area contributed by atoms with Gasteiger partial charge in [-0.2, -0.15) is 20.7 Å². The maximum absolute atomic E-state index is 11.9. The number of nitriles is 2. The highest BCUT2D eigenvalue weighted by molar-refractivity contribution is 5.88. The Bertz CT molecular complexity index is 1430. The largest absolute Gasteiger partial charge is 0.461 e. The van der Waals surface area contributed by atoms with Gasteiger partial charge in [-0.3, -0.25) is 4.68 Å². The lowest BCUT2D eigenvalue weighted by molar-refractivity contribution is 0.0514. The summed E-state index contributed by atoms with van der Waals surface area (Å²) in [6.45, 7) is 1.94. The number of carbonyl (C=O) groups excluding carboxylic acids is 1. The van der Waals surface area contributed by atoms with Gasteiger partial charge in [0.15, 0.2) is 11.5 Å². The summed E-state index contributed by atoms with van der Waals surface area (Å²) in [6, 6.07) is 7.79. The highest BCUT2D eigenvalue weighted by Gasteiger charge is 2.46. The Labute approximate surface area is 187 Å². The van der Waals surface area contributed by atoms with Crippen molar-refractivity contribution in [3.05, 3.63) is 42.6 Å². The minimum absolute atomic E-state index is 0.0547. The first-order valence-corrected chi connectivity index (χ1v) is 10.4. The van der Waals surface area contributed by atoms with Crippen LogP contribution in [-0.2, 0) is 10.3 Å². The maximum atomic E-state index is 11.9. The van der Waals surface area contributed by atoms with Gasteiger partial charge in [0.05, 0.1) is 60.7 Å². The van der Waals surface area contributed by atoms with E-state index >= 15 is 0 Å². The van der Waals surface area contributed by atoms with Gasteiger partial charge in [0, 0.05) is 17.8 Å². The fraction of sp³-hybridized carbons (Fsp3) is 0.318. The Balaban J connectivity index is 1.54. The van der Waals surface area contributed by atoms with Gasteiger partial charge in [-0.1, -0.05) is 5.16 Å². The Morgan fingerprint density at radius 1 is 1.33 bits per heavy atom. The molecule has 1 fully saturated rings. The molecular weight excluding hydrogens is 424 g/mol. The molecule has 0 atom stereocenters. The molecule has 11 heteroatoms. The van der Waals surface area contributed by atoms with Gasteiger partial charge in [0.1, 0.15) is 11.4 Å². The van der Waals surface area contributed by atoms with Gasteiger partial charge < -0.3 is 9.26 Å². The average Bonchev–Trinajstić information content (AvgIpc) is 3.55. The van der Waals surface area contributed by atoms with E-state index in [9.17, 15) is 15.3 Å². The normalized spacial score (nSPS) is 19.5. The Morgan fingerprint density at radius 2 is 2.18 bits per heavy atom. The molecule has 0 amide bonds. The molecule has 5 rings (SSSR count).